The van der Waals surface area contributed by atoms with E-state index in [9.17, 15) is 14.7 Å². The summed E-state index contributed by atoms with van der Waals surface area (Å²) in [5, 5.41) is 11.7. The fourth-order valence-corrected chi connectivity index (χ4v) is 5.09. The van der Waals surface area contributed by atoms with Gasteiger partial charge in [-0.25, -0.2) is 4.98 Å². The first-order valence-electron chi connectivity index (χ1n) is 10.9. The lowest BCUT2D eigenvalue weighted by Crippen LogP contribution is -2.38. The van der Waals surface area contributed by atoms with Crippen LogP contribution in [-0.4, -0.2) is 72.0 Å². The molecule has 0 radical (unpaired) electrons. The summed E-state index contributed by atoms with van der Waals surface area (Å²) >= 11 is 1.25. The van der Waals surface area contributed by atoms with Gasteiger partial charge in [0.25, 0.3) is 5.91 Å². The molecule has 2 heterocycles. The Morgan fingerprint density at radius 1 is 1.21 bits per heavy atom. The molecule has 1 N–H and O–H groups in total. The fraction of sp³-hybridized carbons (Fsp3) is 0.458. The third kappa shape index (κ3) is 4.60. The van der Waals surface area contributed by atoms with Crippen LogP contribution >= 0.6 is 11.3 Å². The Balaban J connectivity index is 2.15. The Labute approximate surface area is 198 Å². The number of benzene rings is 1. The number of hydrogen-bond donors (Lipinski definition) is 1. The van der Waals surface area contributed by atoms with Gasteiger partial charge in [0, 0.05) is 18.7 Å². The number of amides is 1. The molecule has 1 atom stereocenters. The molecule has 0 saturated heterocycles. The van der Waals surface area contributed by atoms with Crippen LogP contribution in [0.25, 0.3) is 0 Å². The Hall–Kier alpha value is -2.91. The molecule has 1 aromatic carbocycles. The first kappa shape index (κ1) is 24.7. The van der Waals surface area contributed by atoms with E-state index < -0.39 is 23.5 Å². The van der Waals surface area contributed by atoms with Crippen molar-refractivity contribution in [3.05, 3.63) is 50.7 Å². The molecule has 8 nitrogen and oxygen atoms in total. The minimum absolute atomic E-state index is 0.0397. The van der Waals surface area contributed by atoms with Gasteiger partial charge in [0.05, 0.1) is 41.4 Å². The van der Waals surface area contributed by atoms with Crippen LogP contribution in [0.3, 0.4) is 0 Å². The first-order valence-corrected chi connectivity index (χ1v) is 11.8. The number of ether oxygens (including phenoxy) is 2. The molecule has 0 fully saturated rings. The van der Waals surface area contributed by atoms with Crippen LogP contribution < -0.4 is 9.47 Å². The van der Waals surface area contributed by atoms with Crippen molar-refractivity contribution in [1.29, 1.82) is 0 Å². The standard InChI is InChI=1S/C24H31N3O5S/c1-7-26(8-2)12-13-27-19(16-10-9-11-17(31-5)22(16)32-6)18(21(29)24(27)30)20(28)23-14(3)25-15(4)33-23/h9-11,19,29H,7-8,12-13H2,1-6H3/t19-/m1/s1. The highest BCUT2D eigenvalue weighted by atomic mass is 32.1. The number of rotatable bonds is 10. The highest BCUT2D eigenvalue weighted by Crippen LogP contribution is 2.45. The molecular weight excluding hydrogens is 442 g/mol. The van der Waals surface area contributed by atoms with Crippen LogP contribution in [0.15, 0.2) is 29.5 Å². The largest absolute Gasteiger partial charge is 0.503 e. The van der Waals surface area contributed by atoms with Gasteiger partial charge >= 0.3 is 0 Å². The van der Waals surface area contributed by atoms with E-state index >= 15 is 0 Å². The fourth-order valence-electron chi connectivity index (χ4n) is 4.22. The van der Waals surface area contributed by atoms with Gasteiger partial charge in [0.2, 0.25) is 5.78 Å². The average Bonchev–Trinajstić information content (AvgIpc) is 3.28. The summed E-state index contributed by atoms with van der Waals surface area (Å²) in [7, 11) is 3.04. The van der Waals surface area contributed by atoms with Crippen molar-refractivity contribution < 1.29 is 24.2 Å². The van der Waals surface area contributed by atoms with Gasteiger partial charge in [-0.1, -0.05) is 26.0 Å². The summed E-state index contributed by atoms with van der Waals surface area (Å²) in [6.45, 7) is 10.3. The number of nitrogens with zero attached hydrogens (tertiary/aromatic N) is 3. The molecule has 2 aromatic rings. The summed E-state index contributed by atoms with van der Waals surface area (Å²) in [5.41, 5.74) is 1.20. The molecule has 0 aliphatic carbocycles. The van der Waals surface area contributed by atoms with E-state index in [1.54, 1.807) is 30.0 Å². The average molecular weight is 474 g/mol. The molecule has 3 rings (SSSR count). The lowest BCUT2D eigenvalue weighted by atomic mass is 9.94. The summed E-state index contributed by atoms with van der Waals surface area (Å²) in [6, 6.07) is 4.51. The SMILES string of the molecule is CCN(CC)CCN1C(=O)C(O)=C(C(=O)c2sc(C)nc2C)[C@H]1c1cccc(OC)c1OC. The smallest absolute Gasteiger partial charge is 0.290 e. The third-order valence-corrected chi connectivity index (χ3v) is 7.01. The summed E-state index contributed by atoms with van der Waals surface area (Å²) in [4.78, 5) is 35.4. The number of carbonyl (C=O) groups is 2. The Kier molecular flexibility index (Phi) is 7.76. The van der Waals surface area contributed by atoms with Gasteiger partial charge < -0.3 is 24.4 Å². The van der Waals surface area contributed by atoms with Crippen molar-refractivity contribution in [3.63, 3.8) is 0 Å². The van der Waals surface area contributed by atoms with E-state index in [0.29, 0.717) is 40.7 Å². The van der Waals surface area contributed by atoms with Gasteiger partial charge in [-0.05, 0) is 33.0 Å². The number of thiazole rings is 1. The molecule has 178 valence electrons. The van der Waals surface area contributed by atoms with Crippen molar-refractivity contribution in [2.24, 2.45) is 0 Å². The van der Waals surface area contributed by atoms with Gasteiger partial charge in [-0.15, -0.1) is 11.3 Å². The molecule has 1 aliphatic heterocycles. The second-order valence-electron chi connectivity index (χ2n) is 7.75. The maximum absolute atomic E-state index is 13.7. The van der Waals surface area contributed by atoms with E-state index in [0.717, 1.165) is 18.1 Å². The second kappa shape index (κ2) is 10.4. The van der Waals surface area contributed by atoms with Gasteiger partial charge in [-0.3, -0.25) is 9.59 Å². The van der Waals surface area contributed by atoms with E-state index in [4.69, 9.17) is 9.47 Å². The highest BCUT2D eigenvalue weighted by molar-refractivity contribution is 7.14. The van der Waals surface area contributed by atoms with Crippen molar-refractivity contribution in [3.8, 4) is 11.5 Å². The number of aryl methyl sites for hydroxylation is 2. The van der Waals surface area contributed by atoms with Crippen molar-refractivity contribution in [1.82, 2.24) is 14.8 Å². The van der Waals surface area contributed by atoms with Crippen LogP contribution in [0.1, 0.15) is 45.8 Å². The zero-order valence-electron chi connectivity index (χ0n) is 20.0. The van der Waals surface area contributed by atoms with E-state index in [1.165, 1.54) is 25.6 Å². The number of aliphatic hydroxyl groups is 1. The third-order valence-electron chi connectivity index (χ3n) is 5.94. The monoisotopic (exact) mass is 473 g/mol. The Bertz CT molecular complexity index is 1070. The molecule has 0 bridgehead atoms. The zero-order chi connectivity index (χ0) is 24.3. The summed E-state index contributed by atoms with van der Waals surface area (Å²) in [5.74, 6) is -0.597. The molecule has 9 heteroatoms. The maximum Gasteiger partial charge on any atom is 0.290 e. The lowest BCUT2D eigenvalue weighted by molar-refractivity contribution is -0.129. The van der Waals surface area contributed by atoms with Crippen LogP contribution in [0.2, 0.25) is 0 Å². The maximum atomic E-state index is 13.7. The molecular formula is C24H31N3O5S. The van der Waals surface area contributed by atoms with Crippen molar-refractivity contribution in [2.75, 3.05) is 40.4 Å². The minimum atomic E-state index is -0.813. The Morgan fingerprint density at radius 2 is 1.91 bits per heavy atom. The topological polar surface area (TPSA) is 92.2 Å². The van der Waals surface area contributed by atoms with Crippen molar-refractivity contribution >= 4 is 23.0 Å². The minimum Gasteiger partial charge on any atom is -0.503 e. The van der Waals surface area contributed by atoms with E-state index in [2.05, 4.69) is 23.7 Å². The number of likely N-dealkylation sites (N-methyl/N-ethyl adjacent to an activating group) is 1. The number of ketones is 1. The predicted molar refractivity (Wildman–Crippen MR) is 127 cm³/mol. The number of methoxy groups -OCH3 is 2. The molecule has 0 spiro atoms. The molecule has 33 heavy (non-hydrogen) atoms. The van der Waals surface area contributed by atoms with E-state index in [1.807, 2.05) is 6.92 Å². The highest BCUT2D eigenvalue weighted by Gasteiger charge is 2.45. The van der Waals surface area contributed by atoms with E-state index in [-0.39, 0.29) is 5.57 Å². The first-order chi connectivity index (χ1) is 15.8. The summed E-state index contributed by atoms with van der Waals surface area (Å²) < 4.78 is 11.1. The van der Waals surface area contributed by atoms with Gasteiger partial charge in [0.15, 0.2) is 17.3 Å². The number of aromatic nitrogens is 1. The summed E-state index contributed by atoms with van der Waals surface area (Å²) in [6.07, 6.45) is 0. The lowest BCUT2D eigenvalue weighted by Gasteiger charge is -2.30. The zero-order valence-corrected chi connectivity index (χ0v) is 20.8. The quantitative estimate of drug-likeness (QED) is 0.526. The van der Waals surface area contributed by atoms with Crippen LogP contribution in [0, 0.1) is 13.8 Å². The van der Waals surface area contributed by atoms with Crippen molar-refractivity contribution in [2.45, 2.75) is 33.7 Å². The molecule has 1 amide bonds. The molecule has 1 aliphatic rings. The number of aliphatic hydroxyl groups excluding tert-OH is 1. The normalized spacial score (nSPS) is 16.2. The number of para-hydroxylation sites is 1. The number of hydrogen-bond acceptors (Lipinski definition) is 8. The van der Waals surface area contributed by atoms with Crippen LogP contribution in [-0.2, 0) is 4.79 Å². The van der Waals surface area contributed by atoms with Gasteiger partial charge in [-0.2, -0.15) is 0 Å². The predicted octanol–water partition coefficient (Wildman–Crippen LogP) is 3.70. The van der Waals surface area contributed by atoms with Crippen LogP contribution in [0.5, 0.6) is 11.5 Å². The number of carbonyl (C=O) groups excluding carboxylic acids is 2. The molecule has 0 saturated carbocycles. The number of Topliss-reactive ketones (excluding diaryl/α,β-unsaturated/α-hetero) is 1. The Morgan fingerprint density at radius 3 is 2.45 bits per heavy atom. The van der Waals surface area contributed by atoms with Crippen LogP contribution in [0.4, 0.5) is 0 Å². The van der Waals surface area contributed by atoms with Gasteiger partial charge in [0.1, 0.15) is 0 Å². The second-order valence-corrected chi connectivity index (χ2v) is 8.95. The molecule has 1 aromatic heterocycles. The molecule has 0 unspecified atom stereocenters.